The average molecular weight is 200 g/mol. The molecule has 0 aromatic heterocycles. The maximum atomic E-state index is 11.0. The van der Waals surface area contributed by atoms with Crippen molar-refractivity contribution >= 4 is 11.9 Å². The van der Waals surface area contributed by atoms with Gasteiger partial charge < -0.3 is 0 Å². The third-order valence-corrected chi connectivity index (χ3v) is 3.05. The third kappa shape index (κ3) is 2.17. The first kappa shape index (κ1) is 10.2. The Labute approximate surface area is 90.8 Å². The molecule has 0 fully saturated rings. The average Bonchev–Trinajstić information content (AvgIpc) is 2.30. The minimum atomic E-state index is 0.951. The molecule has 0 bridgehead atoms. The minimum Gasteiger partial charge on any atom is -0.298 e. The van der Waals surface area contributed by atoms with Crippen LogP contribution in [0.25, 0.3) is 5.57 Å². The van der Waals surface area contributed by atoms with Gasteiger partial charge in [-0.15, -0.1) is 0 Å². The fourth-order valence-corrected chi connectivity index (χ4v) is 2.14. The molecule has 0 spiro atoms. The largest absolute Gasteiger partial charge is 0.298 e. The van der Waals surface area contributed by atoms with Crippen LogP contribution in [0.5, 0.6) is 0 Å². The van der Waals surface area contributed by atoms with Gasteiger partial charge >= 0.3 is 0 Å². The quantitative estimate of drug-likeness (QED) is 0.667. The van der Waals surface area contributed by atoms with Crippen LogP contribution < -0.4 is 0 Å². The Morgan fingerprint density at radius 1 is 1.07 bits per heavy atom. The van der Waals surface area contributed by atoms with Crippen LogP contribution in [0.2, 0.25) is 0 Å². The summed E-state index contributed by atoms with van der Waals surface area (Å²) in [4.78, 5) is 11.0. The molecule has 1 heteroatoms. The van der Waals surface area contributed by atoms with Gasteiger partial charge in [-0.1, -0.05) is 29.8 Å². The summed E-state index contributed by atoms with van der Waals surface area (Å²) >= 11 is 0. The molecule has 0 unspecified atom stereocenters. The number of hydrogen-bond donors (Lipinski definition) is 0. The van der Waals surface area contributed by atoms with Crippen LogP contribution in [0.1, 0.15) is 36.8 Å². The molecule has 0 radical (unpaired) electrons. The second kappa shape index (κ2) is 4.43. The highest BCUT2D eigenvalue weighted by Gasteiger charge is 2.13. The molecule has 0 N–H and O–H groups in total. The highest BCUT2D eigenvalue weighted by atomic mass is 16.1. The van der Waals surface area contributed by atoms with E-state index in [2.05, 4.69) is 31.2 Å². The van der Waals surface area contributed by atoms with Crippen molar-refractivity contribution in [2.24, 2.45) is 0 Å². The van der Waals surface area contributed by atoms with E-state index in [1.165, 1.54) is 23.1 Å². The van der Waals surface area contributed by atoms with Crippen LogP contribution >= 0.6 is 0 Å². The fraction of sp³-hybridized carbons (Fsp3) is 0.357. The van der Waals surface area contributed by atoms with Crippen molar-refractivity contribution in [1.82, 2.24) is 0 Å². The van der Waals surface area contributed by atoms with Gasteiger partial charge in [-0.05, 0) is 49.3 Å². The topological polar surface area (TPSA) is 17.1 Å². The summed E-state index contributed by atoms with van der Waals surface area (Å²) in [6.07, 6.45) is 5.40. The van der Waals surface area contributed by atoms with E-state index in [-0.39, 0.29) is 0 Å². The SMILES string of the molecule is Cc1ccc(C2=C(C=O)CCCC2)cc1. The van der Waals surface area contributed by atoms with Gasteiger partial charge in [0.15, 0.2) is 0 Å². The maximum absolute atomic E-state index is 11.0. The van der Waals surface area contributed by atoms with Crippen LogP contribution in [0.3, 0.4) is 0 Å². The summed E-state index contributed by atoms with van der Waals surface area (Å²) in [6, 6.07) is 8.47. The molecule has 1 aromatic rings. The van der Waals surface area contributed by atoms with Crippen molar-refractivity contribution in [3.8, 4) is 0 Å². The Bertz CT molecular complexity index is 384. The Morgan fingerprint density at radius 2 is 1.73 bits per heavy atom. The van der Waals surface area contributed by atoms with E-state index in [0.29, 0.717) is 0 Å². The van der Waals surface area contributed by atoms with E-state index >= 15 is 0 Å². The lowest BCUT2D eigenvalue weighted by Gasteiger charge is -2.17. The van der Waals surface area contributed by atoms with Gasteiger partial charge in [0.2, 0.25) is 0 Å². The van der Waals surface area contributed by atoms with E-state index in [9.17, 15) is 4.79 Å². The summed E-state index contributed by atoms with van der Waals surface area (Å²) < 4.78 is 0. The first-order valence-electron chi connectivity index (χ1n) is 5.55. The first-order chi connectivity index (χ1) is 7.31. The van der Waals surface area contributed by atoms with Crippen molar-refractivity contribution in [3.05, 3.63) is 41.0 Å². The Balaban J connectivity index is 2.39. The molecule has 0 atom stereocenters. The van der Waals surface area contributed by atoms with Gasteiger partial charge in [0.25, 0.3) is 0 Å². The lowest BCUT2D eigenvalue weighted by molar-refractivity contribution is -0.105. The molecule has 0 saturated carbocycles. The van der Waals surface area contributed by atoms with E-state index in [1.807, 2.05) is 0 Å². The van der Waals surface area contributed by atoms with E-state index < -0.39 is 0 Å². The normalized spacial score (nSPS) is 16.6. The number of allylic oxidation sites excluding steroid dienone is 2. The zero-order valence-corrected chi connectivity index (χ0v) is 9.12. The zero-order chi connectivity index (χ0) is 10.7. The number of rotatable bonds is 2. The summed E-state index contributed by atoms with van der Waals surface area (Å²) in [5.41, 5.74) is 4.76. The van der Waals surface area contributed by atoms with Gasteiger partial charge in [-0.25, -0.2) is 0 Å². The second-order valence-corrected chi connectivity index (χ2v) is 4.19. The molecular weight excluding hydrogens is 184 g/mol. The lowest BCUT2D eigenvalue weighted by atomic mass is 9.88. The molecule has 1 aliphatic carbocycles. The van der Waals surface area contributed by atoms with Crippen LogP contribution in [-0.2, 0) is 4.79 Å². The smallest absolute Gasteiger partial charge is 0.146 e. The Kier molecular flexibility index (Phi) is 3.00. The standard InChI is InChI=1S/C14H16O/c1-11-6-8-12(9-7-11)14-5-3-2-4-13(14)10-15/h6-10H,2-5H2,1H3. The molecule has 0 saturated heterocycles. The summed E-state index contributed by atoms with van der Waals surface area (Å²) in [5.74, 6) is 0. The van der Waals surface area contributed by atoms with Crippen molar-refractivity contribution in [2.75, 3.05) is 0 Å². The van der Waals surface area contributed by atoms with Gasteiger partial charge in [0, 0.05) is 0 Å². The molecule has 0 amide bonds. The molecule has 15 heavy (non-hydrogen) atoms. The predicted molar refractivity (Wildman–Crippen MR) is 62.6 cm³/mol. The number of carbonyl (C=O) groups is 1. The van der Waals surface area contributed by atoms with Crippen molar-refractivity contribution in [2.45, 2.75) is 32.6 Å². The van der Waals surface area contributed by atoms with Crippen LogP contribution in [-0.4, -0.2) is 6.29 Å². The summed E-state index contributed by atoms with van der Waals surface area (Å²) in [5, 5.41) is 0. The number of aryl methyl sites for hydroxylation is 1. The molecular formula is C14H16O. The fourth-order valence-electron chi connectivity index (χ4n) is 2.14. The highest BCUT2D eigenvalue weighted by molar-refractivity contribution is 5.88. The van der Waals surface area contributed by atoms with E-state index in [1.54, 1.807) is 0 Å². The van der Waals surface area contributed by atoms with Crippen LogP contribution in [0, 0.1) is 6.92 Å². The maximum Gasteiger partial charge on any atom is 0.146 e. The number of benzene rings is 1. The van der Waals surface area contributed by atoms with E-state index in [4.69, 9.17) is 0 Å². The second-order valence-electron chi connectivity index (χ2n) is 4.19. The zero-order valence-electron chi connectivity index (χ0n) is 9.12. The van der Waals surface area contributed by atoms with Crippen molar-refractivity contribution in [1.29, 1.82) is 0 Å². The molecule has 1 aromatic carbocycles. The third-order valence-electron chi connectivity index (χ3n) is 3.05. The number of hydrogen-bond acceptors (Lipinski definition) is 1. The Hall–Kier alpha value is -1.37. The number of carbonyl (C=O) groups excluding carboxylic acids is 1. The highest BCUT2D eigenvalue weighted by Crippen LogP contribution is 2.31. The van der Waals surface area contributed by atoms with Gasteiger partial charge in [-0.3, -0.25) is 4.79 Å². The number of aldehydes is 1. The van der Waals surface area contributed by atoms with E-state index in [0.717, 1.165) is 31.1 Å². The van der Waals surface area contributed by atoms with Gasteiger partial charge in [0.05, 0.1) is 0 Å². The summed E-state index contributed by atoms with van der Waals surface area (Å²) in [6.45, 7) is 2.08. The first-order valence-corrected chi connectivity index (χ1v) is 5.55. The lowest BCUT2D eigenvalue weighted by Crippen LogP contribution is -2.00. The van der Waals surface area contributed by atoms with Crippen molar-refractivity contribution < 1.29 is 4.79 Å². The predicted octanol–water partition coefficient (Wildman–Crippen LogP) is 3.52. The van der Waals surface area contributed by atoms with Crippen molar-refractivity contribution in [3.63, 3.8) is 0 Å². The molecule has 0 heterocycles. The van der Waals surface area contributed by atoms with Gasteiger partial charge in [-0.2, -0.15) is 0 Å². The van der Waals surface area contributed by atoms with Crippen LogP contribution in [0.4, 0.5) is 0 Å². The minimum absolute atomic E-state index is 0.951. The van der Waals surface area contributed by atoms with Crippen LogP contribution in [0.15, 0.2) is 29.8 Å². The molecule has 0 aliphatic heterocycles. The Morgan fingerprint density at radius 3 is 2.40 bits per heavy atom. The van der Waals surface area contributed by atoms with Gasteiger partial charge in [0.1, 0.15) is 6.29 Å². The molecule has 2 rings (SSSR count). The molecule has 1 aliphatic rings. The molecule has 78 valence electrons. The monoisotopic (exact) mass is 200 g/mol. The molecule has 1 nitrogen and oxygen atoms in total. The summed E-state index contributed by atoms with van der Waals surface area (Å²) in [7, 11) is 0.